The Morgan fingerprint density at radius 2 is 1.84 bits per heavy atom. The Hall–Kier alpha value is -1.94. The number of anilines is 1. The van der Waals surface area contributed by atoms with E-state index in [4.69, 9.17) is 0 Å². The van der Waals surface area contributed by atoms with Crippen molar-refractivity contribution >= 4 is 5.82 Å². The SMILES string of the molecule is CCNc1cccc(CN(C)Cc2ccccn2)n1. The third-order valence-electron chi connectivity index (χ3n) is 2.75. The molecule has 0 aromatic carbocycles. The molecule has 0 amide bonds. The van der Waals surface area contributed by atoms with Crippen LogP contribution < -0.4 is 5.32 Å². The average molecular weight is 256 g/mol. The second kappa shape index (κ2) is 6.85. The zero-order valence-corrected chi connectivity index (χ0v) is 11.5. The summed E-state index contributed by atoms with van der Waals surface area (Å²) in [5.41, 5.74) is 2.14. The zero-order chi connectivity index (χ0) is 13.5. The van der Waals surface area contributed by atoms with Crippen LogP contribution in [-0.4, -0.2) is 28.5 Å². The molecule has 0 unspecified atom stereocenters. The lowest BCUT2D eigenvalue weighted by Crippen LogP contribution is -2.18. The summed E-state index contributed by atoms with van der Waals surface area (Å²) < 4.78 is 0. The maximum Gasteiger partial charge on any atom is 0.126 e. The van der Waals surface area contributed by atoms with Gasteiger partial charge in [0.2, 0.25) is 0 Å². The van der Waals surface area contributed by atoms with E-state index in [-0.39, 0.29) is 0 Å². The molecule has 0 radical (unpaired) electrons. The van der Waals surface area contributed by atoms with E-state index in [1.165, 1.54) is 0 Å². The molecule has 0 saturated heterocycles. The van der Waals surface area contributed by atoms with Crippen LogP contribution in [-0.2, 0) is 13.1 Å². The number of rotatable bonds is 6. The van der Waals surface area contributed by atoms with Gasteiger partial charge < -0.3 is 5.32 Å². The van der Waals surface area contributed by atoms with Crippen molar-refractivity contribution in [1.82, 2.24) is 14.9 Å². The molecule has 0 spiro atoms. The fraction of sp³-hybridized carbons (Fsp3) is 0.333. The summed E-state index contributed by atoms with van der Waals surface area (Å²) >= 11 is 0. The number of nitrogens with zero attached hydrogens (tertiary/aromatic N) is 3. The minimum Gasteiger partial charge on any atom is -0.370 e. The maximum atomic E-state index is 4.57. The molecule has 1 N–H and O–H groups in total. The number of nitrogens with one attached hydrogen (secondary N) is 1. The molecular weight excluding hydrogens is 236 g/mol. The second-order valence-corrected chi connectivity index (χ2v) is 4.54. The molecule has 2 heterocycles. The normalized spacial score (nSPS) is 10.7. The van der Waals surface area contributed by atoms with Crippen LogP contribution in [0.5, 0.6) is 0 Å². The van der Waals surface area contributed by atoms with Crippen LogP contribution in [0.25, 0.3) is 0 Å². The summed E-state index contributed by atoms with van der Waals surface area (Å²) in [4.78, 5) is 11.1. The van der Waals surface area contributed by atoms with Crippen molar-refractivity contribution in [2.75, 3.05) is 18.9 Å². The Morgan fingerprint density at radius 3 is 2.58 bits per heavy atom. The van der Waals surface area contributed by atoms with Gasteiger partial charge in [-0.3, -0.25) is 9.88 Å². The monoisotopic (exact) mass is 256 g/mol. The van der Waals surface area contributed by atoms with Crippen LogP contribution in [0.2, 0.25) is 0 Å². The Labute approximate surface area is 114 Å². The van der Waals surface area contributed by atoms with Gasteiger partial charge >= 0.3 is 0 Å². The highest BCUT2D eigenvalue weighted by atomic mass is 15.1. The second-order valence-electron chi connectivity index (χ2n) is 4.54. The van der Waals surface area contributed by atoms with Crippen LogP contribution in [0.15, 0.2) is 42.6 Å². The van der Waals surface area contributed by atoms with E-state index < -0.39 is 0 Å². The van der Waals surface area contributed by atoms with Gasteiger partial charge in [-0.2, -0.15) is 0 Å². The molecule has 2 aromatic heterocycles. The highest BCUT2D eigenvalue weighted by Crippen LogP contribution is 2.08. The fourth-order valence-corrected chi connectivity index (χ4v) is 1.95. The zero-order valence-electron chi connectivity index (χ0n) is 11.5. The van der Waals surface area contributed by atoms with E-state index >= 15 is 0 Å². The third-order valence-corrected chi connectivity index (χ3v) is 2.75. The average Bonchev–Trinajstić information content (AvgIpc) is 2.40. The van der Waals surface area contributed by atoms with Crippen LogP contribution in [0, 0.1) is 0 Å². The lowest BCUT2D eigenvalue weighted by atomic mass is 10.3. The number of hydrogen-bond acceptors (Lipinski definition) is 4. The fourth-order valence-electron chi connectivity index (χ4n) is 1.95. The minimum atomic E-state index is 0.815. The first-order valence-electron chi connectivity index (χ1n) is 6.56. The summed E-state index contributed by atoms with van der Waals surface area (Å²) in [6.45, 7) is 4.60. The van der Waals surface area contributed by atoms with Crippen LogP contribution in [0.1, 0.15) is 18.3 Å². The first kappa shape index (κ1) is 13.5. The summed E-state index contributed by atoms with van der Waals surface area (Å²) in [6.07, 6.45) is 1.83. The number of aromatic nitrogens is 2. The molecule has 0 bridgehead atoms. The summed E-state index contributed by atoms with van der Waals surface area (Å²) in [5, 5.41) is 3.23. The van der Waals surface area contributed by atoms with Gasteiger partial charge in [-0.25, -0.2) is 4.98 Å². The lowest BCUT2D eigenvalue weighted by molar-refractivity contribution is 0.311. The molecule has 0 aliphatic carbocycles. The van der Waals surface area contributed by atoms with Gasteiger partial charge in [-0.05, 0) is 38.2 Å². The standard InChI is InChI=1S/C15H20N4/c1-3-16-15-9-6-8-14(18-15)12-19(2)11-13-7-4-5-10-17-13/h4-10H,3,11-12H2,1-2H3,(H,16,18). The van der Waals surface area contributed by atoms with Gasteiger partial charge in [0, 0.05) is 25.8 Å². The predicted octanol–water partition coefficient (Wildman–Crippen LogP) is 2.54. The van der Waals surface area contributed by atoms with E-state index in [9.17, 15) is 0 Å². The van der Waals surface area contributed by atoms with Gasteiger partial charge in [0.05, 0.1) is 11.4 Å². The number of hydrogen-bond donors (Lipinski definition) is 1. The van der Waals surface area contributed by atoms with Gasteiger partial charge in [0.15, 0.2) is 0 Å². The molecule has 0 aliphatic rings. The highest BCUT2D eigenvalue weighted by molar-refractivity contribution is 5.34. The number of pyridine rings is 2. The summed E-state index contributed by atoms with van der Waals surface area (Å²) in [5.74, 6) is 0.936. The molecule has 19 heavy (non-hydrogen) atoms. The van der Waals surface area contributed by atoms with E-state index in [0.29, 0.717) is 0 Å². The largest absolute Gasteiger partial charge is 0.370 e. The Kier molecular flexibility index (Phi) is 4.86. The first-order valence-corrected chi connectivity index (χ1v) is 6.56. The maximum absolute atomic E-state index is 4.57. The Bertz CT molecular complexity index is 499. The van der Waals surface area contributed by atoms with Crippen molar-refractivity contribution in [3.63, 3.8) is 0 Å². The molecular formula is C15H20N4. The topological polar surface area (TPSA) is 41.0 Å². The van der Waals surface area contributed by atoms with Gasteiger partial charge in [0.1, 0.15) is 5.82 Å². The van der Waals surface area contributed by atoms with Crippen molar-refractivity contribution in [2.45, 2.75) is 20.0 Å². The van der Waals surface area contributed by atoms with Crippen LogP contribution in [0.3, 0.4) is 0 Å². The molecule has 4 heteroatoms. The quantitative estimate of drug-likeness (QED) is 0.862. The van der Waals surface area contributed by atoms with Crippen molar-refractivity contribution < 1.29 is 0 Å². The van der Waals surface area contributed by atoms with Crippen LogP contribution in [0.4, 0.5) is 5.82 Å². The van der Waals surface area contributed by atoms with Gasteiger partial charge in [0.25, 0.3) is 0 Å². The first-order chi connectivity index (χ1) is 9.28. The van der Waals surface area contributed by atoms with E-state index in [2.05, 4.69) is 40.2 Å². The van der Waals surface area contributed by atoms with Gasteiger partial charge in [-0.15, -0.1) is 0 Å². The van der Waals surface area contributed by atoms with Crippen molar-refractivity contribution in [2.24, 2.45) is 0 Å². The van der Waals surface area contributed by atoms with Crippen molar-refractivity contribution in [3.05, 3.63) is 54.0 Å². The molecule has 100 valence electrons. The lowest BCUT2D eigenvalue weighted by Gasteiger charge is -2.16. The summed E-state index contributed by atoms with van der Waals surface area (Å²) in [6, 6.07) is 12.1. The summed E-state index contributed by atoms with van der Waals surface area (Å²) in [7, 11) is 2.08. The molecule has 0 fully saturated rings. The predicted molar refractivity (Wildman–Crippen MR) is 77.8 cm³/mol. The molecule has 0 saturated carbocycles. The minimum absolute atomic E-state index is 0.815. The van der Waals surface area contributed by atoms with E-state index in [1.807, 2.05) is 36.5 Å². The Balaban J connectivity index is 1.95. The van der Waals surface area contributed by atoms with Crippen molar-refractivity contribution in [1.29, 1.82) is 0 Å². The van der Waals surface area contributed by atoms with E-state index in [1.54, 1.807) is 0 Å². The Morgan fingerprint density at radius 1 is 1.05 bits per heavy atom. The van der Waals surface area contributed by atoms with Crippen molar-refractivity contribution in [3.8, 4) is 0 Å². The molecule has 2 rings (SSSR count). The van der Waals surface area contributed by atoms with Crippen LogP contribution >= 0.6 is 0 Å². The van der Waals surface area contributed by atoms with Gasteiger partial charge in [-0.1, -0.05) is 12.1 Å². The molecule has 0 atom stereocenters. The third kappa shape index (κ3) is 4.34. The molecule has 2 aromatic rings. The van der Waals surface area contributed by atoms with E-state index in [0.717, 1.165) is 36.8 Å². The highest BCUT2D eigenvalue weighted by Gasteiger charge is 2.04. The molecule has 0 aliphatic heterocycles. The smallest absolute Gasteiger partial charge is 0.126 e. The molecule has 4 nitrogen and oxygen atoms in total.